The van der Waals surface area contributed by atoms with Crippen LogP contribution >= 0.6 is 23.5 Å². The molecule has 4 aromatic carbocycles. The van der Waals surface area contributed by atoms with Crippen LogP contribution in [0.3, 0.4) is 0 Å². The number of fused-ring (bicyclic) bond motifs is 3. The smallest absolute Gasteiger partial charge is 0.0911 e. The Morgan fingerprint density at radius 3 is 1.33 bits per heavy atom. The molecule has 0 saturated heterocycles. The van der Waals surface area contributed by atoms with Crippen molar-refractivity contribution in [1.29, 1.82) is 0 Å². The Labute approximate surface area is 167 Å². The summed E-state index contributed by atoms with van der Waals surface area (Å²) in [5.74, 6) is 0. The number of hydrogen-bond acceptors (Lipinski definition) is 2. The molecular formula is C24H13BS2. The predicted octanol–water partition coefficient (Wildman–Crippen LogP) is 4.78. The highest BCUT2D eigenvalue weighted by molar-refractivity contribution is 8.01. The average Bonchev–Trinajstić information content (AvgIpc) is 2.84. The summed E-state index contributed by atoms with van der Waals surface area (Å²) in [6, 6.07) is 29.4. The first kappa shape index (κ1) is 14.7. The number of rotatable bonds is 0. The average molecular weight is 376 g/mol. The number of hydrogen-bond donors (Lipinski definition) is 0. The first-order chi connectivity index (χ1) is 13.4. The van der Waals surface area contributed by atoms with Gasteiger partial charge in [0, 0.05) is 19.6 Å². The molecule has 0 amide bonds. The van der Waals surface area contributed by atoms with E-state index in [2.05, 4.69) is 78.9 Å². The summed E-state index contributed by atoms with van der Waals surface area (Å²) in [5.41, 5.74) is 10.0. The molecule has 0 N–H and O–H groups in total. The summed E-state index contributed by atoms with van der Waals surface area (Å²) in [4.78, 5) is 5.65. The van der Waals surface area contributed by atoms with Crippen molar-refractivity contribution in [3.63, 3.8) is 0 Å². The Morgan fingerprint density at radius 2 is 0.815 bits per heavy atom. The van der Waals surface area contributed by atoms with Gasteiger partial charge in [-0.05, 0) is 62.9 Å². The molecule has 3 aliphatic rings. The fourth-order valence-corrected chi connectivity index (χ4v) is 7.42. The quantitative estimate of drug-likeness (QED) is 0.350. The van der Waals surface area contributed by atoms with Gasteiger partial charge in [0.1, 0.15) is 0 Å². The first-order valence-corrected chi connectivity index (χ1v) is 10.9. The largest absolute Gasteiger partial charge is 0.248 e. The highest BCUT2D eigenvalue weighted by Gasteiger charge is 2.42. The van der Waals surface area contributed by atoms with Crippen molar-refractivity contribution >= 4 is 46.6 Å². The van der Waals surface area contributed by atoms with Crippen LogP contribution in [0, 0.1) is 0 Å². The van der Waals surface area contributed by atoms with Crippen LogP contribution in [0.4, 0.5) is 0 Å². The zero-order chi connectivity index (χ0) is 17.5. The lowest BCUT2D eigenvalue weighted by molar-refractivity contribution is 1.33. The van der Waals surface area contributed by atoms with E-state index in [4.69, 9.17) is 0 Å². The summed E-state index contributed by atoms with van der Waals surface area (Å²) in [5, 5.41) is 0. The molecule has 0 fully saturated rings. The fraction of sp³-hybridized carbons (Fsp3) is 0. The van der Waals surface area contributed by atoms with Gasteiger partial charge in [-0.25, -0.2) is 0 Å². The van der Waals surface area contributed by atoms with Crippen molar-refractivity contribution in [2.45, 2.75) is 19.6 Å². The maximum absolute atomic E-state index is 2.32. The van der Waals surface area contributed by atoms with Crippen LogP contribution in [0.15, 0.2) is 98.4 Å². The van der Waals surface area contributed by atoms with Crippen molar-refractivity contribution < 1.29 is 0 Å². The van der Waals surface area contributed by atoms with Crippen molar-refractivity contribution in [2.75, 3.05) is 0 Å². The zero-order valence-corrected chi connectivity index (χ0v) is 16.0. The topological polar surface area (TPSA) is 0 Å². The standard InChI is InChI=1S/C24H13BS2/c1-2-7-15-14(6-1)16-8-3-10-18-22(16)25-23-17(15)9-4-11-19(23)27-21-13-5-12-20(26-18)24(21)25/h1-13H. The Balaban J connectivity index is 1.74. The molecule has 0 nitrogen and oxygen atoms in total. The first-order valence-electron chi connectivity index (χ1n) is 9.24. The third-order valence-electron chi connectivity index (χ3n) is 5.97. The fourth-order valence-electron chi connectivity index (χ4n) is 4.94. The third kappa shape index (κ3) is 1.79. The SMILES string of the molecule is c1cc2c3c(c1)Sc1cccc4c1B3c1c(cccc1-c1ccccc1-4)S2. The summed E-state index contributed by atoms with van der Waals surface area (Å²) in [7, 11) is 0. The van der Waals surface area contributed by atoms with Crippen molar-refractivity contribution in [3.8, 4) is 22.3 Å². The minimum absolute atomic E-state index is 0.337. The van der Waals surface area contributed by atoms with Gasteiger partial charge in [-0.1, -0.05) is 78.1 Å². The summed E-state index contributed by atoms with van der Waals surface area (Å²) >= 11 is 3.88. The Hall–Kier alpha value is -2.36. The van der Waals surface area contributed by atoms with Crippen LogP contribution in [0.25, 0.3) is 22.3 Å². The van der Waals surface area contributed by atoms with Crippen molar-refractivity contribution in [3.05, 3.63) is 78.9 Å². The van der Waals surface area contributed by atoms with E-state index in [1.807, 2.05) is 23.5 Å². The molecule has 3 heteroatoms. The molecule has 124 valence electrons. The Kier molecular flexibility index (Phi) is 2.78. The normalized spacial score (nSPS) is 14.3. The van der Waals surface area contributed by atoms with Gasteiger partial charge in [-0.2, -0.15) is 0 Å². The van der Waals surface area contributed by atoms with Gasteiger partial charge >= 0.3 is 0 Å². The second-order valence-corrected chi connectivity index (χ2v) is 9.45. The van der Waals surface area contributed by atoms with Crippen LogP contribution < -0.4 is 16.4 Å². The predicted molar refractivity (Wildman–Crippen MR) is 117 cm³/mol. The van der Waals surface area contributed by atoms with Crippen LogP contribution in [0.2, 0.25) is 0 Å². The lowest BCUT2D eigenvalue weighted by Gasteiger charge is -2.33. The van der Waals surface area contributed by atoms with Gasteiger partial charge in [0.05, 0.1) is 0 Å². The molecule has 7 rings (SSSR count). The summed E-state index contributed by atoms with van der Waals surface area (Å²) < 4.78 is 0. The monoisotopic (exact) mass is 376 g/mol. The van der Waals surface area contributed by atoms with Crippen molar-refractivity contribution in [1.82, 2.24) is 0 Å². The van der Waals surface area contributed by atoms with Crippen LogP contribution in [0.1, 0.15) is 0 Å². The van der Waals surface area contributed by atoms with Crippen molar-refractivity contribution in [2.24, 2.45) is 0 Å². The van der Waals surface area contributed by atoms with E-state index in [1.54, 1.807) is 0 Å². The maximum Gasteiger partial charge on any atom is 0.248 e. The molecule has 4 aromatic rings. The van der Waals surface area contributed by atoms with Crippen LogP contribution in [0.5, 0.6) is 0 Å². The second kappa shape index (κ2) is 5.12. The molecule has 0 spiro atoms. The van der Waals surface area contributed by atoms with E-state index >= 15 is 0 Å². The minimum Gasteiger partial charge on any atom is -0.0911 e. The van der Waals surface area contributed by atoms with E-state index < -0.39 is 0 Å². The lowest BCUT2D eigenvalue weighted by atomic mass is 9.35. The molecule has 27 heavy (non-hydrogen) atoms. The van der Waals surface area contributed by atoms with Gasteiger partial charge in [0.2, 0.25) is 6.71 Å². The zero-order valence-electron chi connectivity index (χ0n) is 14.4. The highest BCUT2D eigenvalue weighted by Crippen LogP contribution is 2.44. The summed E-state index contributed by atoms with van der Waals surface area (Å²) in [6.07, 6.45) is 0. The van der Waals surface area contributed by atoms with E-state index in [9.17, 15) is 0 Å². The Bertz CT molecular complexity index is 1200. The third-order valence-corrected chi connectivity index (χ3v) is 8.28. The highest BCUT2D eigenvalue weighted by atomic mass is 32.2. The van der Waals surface area contributed by atoms with E-state index in [0.29, 0.717) is 6.71 Å². The van der Waals surface area contributed by atoms with Crippen LogP contribution in [-0.2, 0) is 0 Å². The molecule has 0 atom stereocenters. The number of benzene rings is 4. The molecule has 0 bridgehead atoms. The molecule has 0 aliphatic carbocycles. The van der Waals surface area contributed by atoms with Gasteiger partial charge < -0.3 is 0 Å². The molecule has 3 heterocycles. The second-order valence-electron chi connectivity index (χ2n) is 7.29. The van der Waals surface area contributed by atoms with Gasteiger partial charge in [-0.3, -0.25) is 0 Å². The van der Waals surface area contributed by atoms with Gasteiger partial charge in [0.25, 0.3) is 0 Å². The Morgan fingerprint density at radius 1 is 0.407 bits per heavy atom. The van der Waals surface area contributed by atoms with E-state index in [1.165, 1.54) is 58.2 Å². The minimum atomic E-state index is 0.337. The van der Waals surface area contributed by atoms with Gasteiger partial charge in [-0.15, -0.1) is 0 Å². The molecule has 0 aromatic heterocycles. The maximum atomic E-state index is 2.32. The molecule has 0 saturated carbocycles. The van der Waals surface area contributed by atoms with Crippen LogP contribution in [-0.4, -0.2) is 6.71 Å². The molecular weight excluding hydrogens is 363 g/mol. The van der Waals surface area contributed by atoms with Gasteiger partial charge in [0.15, 0.2) is 0 Å². The lowest BCUT2D eigenvalue weighted by Crippen LogP contribution is -2.58. The van der Waals surface area contributed by atoms with E-state index in [0.717, 1.165) is 0 Å². The molecule has 0 unspecified atom stereocenters. The van der Waals surface area contributed by atoms with E-state index in [-0.39, 0.29) is 0 Å². The molecule has 3 aliphatic heterocycles. The summed E-state index contributed by atoms with van der Waals surface area (Å²) in [6.45, 7) is 0.337. The molecule has 0 radical (unpaired) electrons.